The third-order valence-corrected chi connectivity index (χ3v) is 6.63. The fourth-order valence-corrected chi connectivity index (χ4v) is 4.76. The topological polar surface area (TPSA) is 78.6 Å². The molecular formula is C28H26N4O4. The number of hydrogen-bond acceptors (Lipinski definition) is 5. The minimum absolute atomic E-state index is 0.118. The first kappa shape index (κ1) is 22.2. The molecule has 1 atom stereocenters. The molecule has 2 aromatic carbocycles. The second-order valence-electron chi connectivity index (χ2n) is 9.17. The number of ether oxygens (including phenoxy) is 2. The molecule has 6 rings (SSSR count). The van der Waals surface area contributed by atoms with E-state index >= 15 is 0 Å². The Balaban J connectivity index is 1.34. The Kier molecular flexibility index (Phi) is 5.56. The monoisotopic (exact) mass is 482 g/mol. The van der Waals surface area contributed by atoms with Crippen molar-refractivity contribution in [1.29, 1.82) is 0 Å². The highest BCUT2D eigenvalue weighted by atomic mass is 16.5. The van der Waals surface area contributed by atoms with E-state index in [0.717, 1.165) is 24.1 Å². The van der Waals surface area contributed by atoms with Crippen molar-refractivity contribution in [1.82, 2.24) is 19.0 Å². The second kappa shape index (κ2) is 9.03. The fraction of sp³-hybridized carbons (Fsp3) is 0.250. The van der Waals surface area contributed by atoms with Gasteiger partial charge in [-0.25, -0.2) is 4.79 Å². The third-order valence-electron chi connectivity index (χ3n) is 6.63. The summed E-state index contributed by atoms with van der Waals surface area (Å²) < 4.78 is 15.4. The number of fused-ring (bicyclic) bond motifs is 1. The maximum atomic E-state index is 13.8. The van der Waals surface area contributed by atoms with Crippen LogP contribution in [-0.2, 0) is 4.79 Å². The quantitative estimate of drug-likeness (QED) is 0.363. The lowest BCUT2D eigenvalue weighted by molar-refractivity contribution is -0.125. The van der Waals surface area contributed by atoms with E-state index in [9.17, 15) is 9.59 Å². The molecule has 1 saturated carbocycles. The number of rotatable bonds is 7. The van der Waals surface area contributed by atoms with Gasteiger partial charge in [0.1, 0.15) is 17.2 Å². The molecular weight excluding hydrogens is 456 g/mol. The Morgan fingerprint density at radius 3 is 2.58 bits per heavy atom. The number of likely N-dealkylation sites (tertiary alicyclic amines) is 1. The van der Waals surface area contributed by atoms with Gasteiger partial charge in [-0.3, -0.25) is 18.9 Å². The first-order valence-corrected chi connectivity index (χ1v) is 12.1. The predicted molar refractivity (Wildman–Crippen MR) is 136 cm³/mol. The van der Waals surface area contributed by atoms with Gasteiger partial charge in [-0.05, 0) is 55.7 Å². The summed E-state index contributed by atoms with van der Waals surface area (Å²) >= 11 is 0. The summed E-state index contributed by atoms with van der Waals surface area (Å²) in [6, 6.07) is 16.7. The van der Waals surface area contributed by atoms with Crippen LogP contribution in [0, 0.1) is 0 Å². The van der Waals surface area contributed by atoms with Gasteiger partial charge in [0.15, 0.2) is 0 Å². The minimum atomic E-state index is -0.173. The van der Waals surface area contributed by atoms with Crippen molar-refractivity contribution in [3.8, 4) is 22.9 Å². The van der Waals surface area contributed by atoms with E-state index in [4.69, 9.17) is 9.47 Å². The third kappa shape index (κ3) is 4.15. The molecule has 0 spiro atoms. The average Bonchev–Trinajstić information content (AvgIpc) is 3.48. The lowest BCUT2D eigenvalue weighted by Crippen LogP contribution is -2.31. The highest BCUT2D eigenvalue weighted by Gasteiger charge is 2.30. The van der Waals surface area contributed by atoms with E-state index < -0.39 is 0 Å². The van der Waals surface area contributed by atoms with Gasteiger partial charge in [-0.1, -0.05) is 18.7 Å². The Morgan fingerprint density at radius 2 is 1.78 bits per heavy atom. The van der Waals surface area contributed by atoms with E-state index in [2.05, 4.69) is 11.6 Å². The summed E-state index contributed by atoms with van der Waals surface area (Å²) in [5.41, 5.74) is 1.99. The molecule has 8 heteroatoms. The highest BCUT2D eigenvalue weighted by molar-refractivity contribution is 5.87. The molecule has 0 unspecified atom stereocenters. The van der Waals surface area contributed by atoms with Gasteiger partial charge in [0, 0.05) is 31.4 Å². The standard InChI is InChI=1S/C28H26N4O4/c1-2-27(33)30-14-12-20(18-30)32-25-11-13-29-17-26(25)31(28(32)34)19-5-3-6-22(15-19)36-24-8-4-7-23(16-24)35-21-9-10-21/h2-8,11,13,15-17,20-21H,1,9-10,12,14,18H2/t20-/m1/s1. The summed E-state index contributed by atoms with van der Waals surface area (Å²) in [7, 11) is 0. The van der Waals surface area contributed by atoms with Gasteiger partial charge in [-0.2, -0.15) is 0 Å². The number of carbonyl (C=O) groups is 1. The van der Waals surface area contributed by atoms with E-state index in [-0.39, 0.29) is 17.6 Å². The van der Waals surface area contributed by atoms with Crippen LogP contribution in [0.15, 0.2) is 84.4 Å². The molecule has 1 aliphatic heterocycles. The van der Waals surface area contributed by atoms with Crippen LogP contribution < -0.4 is 15.2 Å². The molecule has 0 bridgehead atoms. The Bertz CT molecular complexity index is 1520. The zero-order chi connectivity index (χ0) is 24.6. The summed E-state index contributed by atoms with van der Waals surface area (Å²) in [6.45, 7) is 4.64. The summed E-state index contributed by atoms with van der Waals surface area (Å²) in [4.78, 5) is 31.9. The number of amides is 1. The molecule has 0 radical (unpaired) electrons. The van der Waals surface area contributed by atoms with Gasteiger partial charge in [-0.15, -0.1) is 0 Å². The Labute approximate surface area is 208 Å². The molecule has 2 aliphatic rings. The maximum Gasteiger partial charge on any atom is 0.334 e. The molecule has 8 nitrogen and oxygen atoms in total. The first-order chi connectivity index (χ1) is 17.6. The van der Waals surface area contributed by atoms with E-state index in [1.165, 1.54) is 6.08 Å². The van der Waals surface area contributed by atoms with Crippen molar-refractivity contribution >= 4 is 16.9 Å². The molecule has 0 N–H and O–H groups in total. The van der Waals surface area contributed by atoms with Crippen LogP contribution in [0.25, 0.3) is 16.7 Å². The smallest absolute Gasteiger partial charge is 0.334 e. The van der Waals surface area contributed by atoms with Gasteiger partial charge in [0.25, 0.3) is 0 Å². The molecule has 36 heavy (non-hydrogen) atoms. The molecule has 1 aliphatic carbocycles. The van der Waals surface area contributed by atoms with Crippen LogP contribution in [0.5, 0.6) is 17.2 Å². The molecule has 2 aromatic heterocycles. The van der Waals surface area contributed by atoms with Gasteiger partial charge >= 0.3 is 5.69 Å². The van der Waals surface area contributed by atoms with Crippen molar-refractivity contribution < 1.29 is 14.3 Å². The number of benzene rings is 2. The summed E-state index contributed by atoms with van der Waals surface area (Å²) in [6.07, 6.45) is 7.88. The summed E-state index contributed by atoms with van der Waals surface area (Å²) in [5, 5.41) is 0. The number of nitrogens with zero attached hydrogens (tertiary/aromatic N) is 4. The Morgan fingerprint density at radius 1 is 1.00 bits per heavy atom. The highest BCUT2D eigenvalue weighted by Crippen LogP contribution is 2.32. The molecule has 1 amide bonds. The zero-order valence-corrected chi connectivity index (χ0v) is 19.7. The number of aromatic nitrogens is 3. The zero-order valence-electron chi connectivity index (χ0n) is 19.7. The molecule has 1 saturated heterocycles. The van der Waals surface area contributed by atoms with Gasteiger partial charge < -0.3 is 14.4 Å². The first-order valence-electron chi connectivity index (χ1n) is 12.1. The number of carbonyl (C=O) groups excluding carboxylic acids is 1. The van der Waals surface area contributed by atoms with Gasteiger partial charge in [0.05, 0.1) is 35.1 Å². The normalized spacial score (nSPS) is 17.3. The van der Waals surface area contributed by atoms with E-state index in [0.29, 0.717) is 48.3 Å². The number of pyridine rings is 1. The molecule has 4 aromatic rings. The lowest BCUT2D eigenvalue weighted by Gasteiger charge is -2.15. The molecule has 182 valence electrons. The molecule has 3 heterocycles. The van der Waals surface area contributed by atoms with Crippen molar-refractivity contribution in [3.63, 3.8) is 0 Å². The van der Waals surface area contributed by atoms with Crippen molar-refractivity contribution in [2.75, 3.05) is 13.1 Å². The van der Waals surface area contributed by atoms with E-state index in [1.807, 2.05) is 54.6 Å². The largest absolute Gasteiger partial charge is 0.490 e. The lowest BCUT2D eigenvalue weighted by atomic mass is 10.2. The van der Waals surface area contributed by atoms with Crippen LogP contribution in [0.3, 0.4) is 0 Å². The number of hydrogen-bond donors (Lipinski definition) is 0. The van der Waals surface area contributed by atoms with Crippen molar-refractivity contribution in [2.24, 2.45) is 0 Å². The van der Waals surface area contributed by atoms with Crippen LogP contribution in [0.4, 0.5) is 0 Å². The van der Waals surface area contributed by atoms with Crippen LogP contribution in [0.2, 0.25) is 0 Å². The average molecular weight is 483 g/mol. The number of imidazole rings is 1. The SMILES string of the molecule is C=CC(=O)N1CC[C@@H](n2c(=O)n(-c3cccc(Oc4cccc(OC5CC5)c4)c3)c3cnccc32)C1. The van der Waals surface area contributed by atoms with Crippen LogP contribution in [-0.4, -0.2) is 44.1 Å². The minimum Gasteiger partial charge on any atom is -0.490 e. The molecule has 2 fully saturated rings. The second-order valence-corrected chi connectivity index (χ2v) is 9.17. The predicted octanol–water partition coefficient (Wildman–Crippen LogP) is 4.48. The van der Waals surface area contributed by atoms with Crippen molar-refractivity contribution in [2.45, 2.75) is 31.4 Å². The van der Waals surface area contributed by atoms with Gasteiger partial charge in [0.2, 0.25) is 5.91 Å². The fourth-order valence-electron chi connectivity index (χ4n) is 4.76. The van der Waals surface area contributed by atoms with Crippen LogP contribution in [0.1, 0.15) is 25.3 Å². The summed E-state index contributed by atoms with van der Waals surface area (Å²) in [5.74, 6) is 1.94. The van der Waals surface area contributed by atoms with Crippen LogP contribution >= 0.6 is 0 Å². The Hall–Kier alpha value is -4.33. The van der Waals surface area contributed by atoms with Crippen molar-refractivity contribution in [3.05, 3.63) is 90.1 Å². The maximum absolute atomic E-state index is 13.8. The van der Waals surface area contributed by atoms with E-state index in [1.54, 1.807) is 26.4 Å².